The number of thioether (sulfide) groups is 1. The van der Waals surface area contributed by atoms with Gasteiger partial charge >= 0.3 is 6.18 Å². The van der Waals surface area contributed by atoms with Crippen LogP contribution in [0.1, 0.15) is 23.4 Å². The molecule has 0 atom stereocenters. The van der Waals surface area contributed by atoms with E-state index in [0.29, 0.717) is 14.9 Å². The van der Waals surface area contributed by atoms with Crippen molar-refractivity contribution in [1.82, 2.24) is 0 Å². The number of halogens is 3. The van der Waals surface area contributed by atoms with E-state index in [9.17, 15) is 39.1 Å². The molecule has 16 heteroatoms. The number of aromatic nitrogens is 1. The fourth-order valence-electron chi connectivity index (χ4n) is 4.50. The van der Waals surface area contributed by atoms with E-state index in [-0.39, 0.29) is 31.6 Å². The van der Waals surface area contributed by atoms with E-state index in [1.807, 2.05) is 28.1 Å². The maximum Gasteiger partial charge on any atom is 0.416 e. The molecule has 0 radical (unpaired) electrons. The first-order valence-corrected chi connectivity index (χ1v) is 17.4. The predicted octanol–water partition coefficient (Wildman–Crippen LogP) is 5.20. The van der Waals surface area contributed by atoms with Crippen LogP contribution in [-0.2, 0) is 33.0 Å². The van der Waals surface area contributed by atoms with Crippen LogP contribution >= 0.6 is 34.4 Å². The summed E-state index contributed by atoms with van der Waals surface area (Å²) in [6.45, 7) is 0.197. The van der Waals surface area contributed by atoms with E-state index >= 15 is 0 Å². The Kier molecular flexibility index (Phi) is 7.97. The molecule has 0 unspecified atom stereocenters. The molecule has 0 bridgehead atoms. The van der Waals surface area contributed by atoms with Gasteiger partial charge in [-0.3, -0.25) is 0 Å². The predicted molar refractivity (Wildman–Crippen MR) is 148 cm³/mol. The molecule has 214 valence electrons. The summed E-state index contributed by atoms with van der Waals surface area (Å²) in [4.78, 5) is 2.10. The number of thiophene rings is 1. The molecule has 0 saturated carbocycles. The monoisotopic (exact) mass is 649 g/mol. The number of aryl methyl sites for hydroxylation is 1. The zero-order valence-electron chi connectivity index (χ0n) is 20.4. The third kappa shape index (κ3) is 6.48. The lowest BCUT2D eigenvalue weighted by Gasteiger charge is -2.21. The van der Waals surface area contributed by atoms with Crippen LogP contribution in [0.3, 0.4) is 0 Å². The summed E-state index contributed by atoms with van der Waals surface area (Å²) in [6.07, 6.45) is -2.86. The number of hydrogen-bond donors (Lipinski definition) is 0. The highest BCUT2D eigenvalue weighted by molar-refractivity contribution is 8.04. The van der Waals surface area contributed by atoms with Crippen LogP contribution in [0, 0.1) is 0 Å². The number of nitrogens with zero attached hydrogens (tertiary/aromatic N) is 2. The molecule has 2 aromatic heterocycles. The summed E-state index contributed by atoms with van der Waals surface area (Å²) in [5.41, 5.74) is 0.243. The van der Waals surface area contributed by atoms with E-state index in [2.05, 4.69) is 0 Å². The lowest BCUT2D eigenvalue weighted by atomic mass is 10.1. The zero-order chi connectivity index (χ0) is 28.9. The maximum atomic E-state index is 13.5. The minimum Gasteiger partial charge on any atom is -0.748 e. The number of alkyl halides is 3. The van der Waals surface area contributed by atoms with Crippen molar-refractivity contribution in [1.29, 1.82) is 0 Å². The lowest BCUT2D eigenvalue weighted by Crippen LogP contribution is -2.36. The molecule has 4 aromatic rings. The van der Waals surface area contributed by atoms with Gasteiger partial charge in [-0.05, 0) is 48.2 Å². The molecular weight excluding hydrogens is 630 g/mol. The molecule has 0 amide bonds. The Morgan fingerprint density at radius 3 is 2.35 bits per heavy atom. The van der Waals surface area contributed by atoms with Gasteiger partial charge in [0.2, 0.25) is 5.52 Å². The van der Waals surface area contributed by atoms with Crippen LogP contribution < -0.4 is 9.47 Å². The topological polar surface area (TPSA) is 122 Å². The van der Waals surface area contributed by atoms with Crippen molar-refractivity contribution in [3.8, 4) is 0 Å². The number of thiazole rings is 1. The molecule has 0 saturated heterocycles. The van der Waals surface area contributed by atoms with Gasteiger partial charge in [0.05, 0.1) is 48.0 Å². The molecule has 8 nitrogen and oxygen atoms in total. The van der Waals surface area contributed by atoms with Crippen molar-refractivity contribution in [2.45, 2.75) is 30.5 Å². The molecule has 1 aliphatic rings. The standard InChI is InChI=1S/C24H21F3N2O6S5/c25-24(26,27)15-3-4-19-17(13-15)28(8-1-11-39(30,31)32)21(37-19)14-22-29(9-2-12-40(33,34)35)23-16-7-10-36-18(16)5-6-20(23)38-22/h3-7,10,13-14H,1-2,8-9,11-12H2,(H-,30,31,32,33,34,35)/p-1. The summed E-state index contributed by atoms with van der Waals surface area (Å²) >= 11 is 4.15. The van der Waals surface area contributed by atoms with Crippen LogP contribution in [-0.4, -0.2) is 44.0 Å². The van der Waals surface area contributed by atoms with E-state index in [4.69, 9.17) is 0 Å². The highest BCUT2D eigenvalue weighted by atomic mass is 32.2. The Hall–Kier alpha value is -2.21. The zero-order valence-corrected chi connectivity index (χ0v) is 24.5. The van der Waals surface area contributed by atoms with Gasteiger partial charge in [0.25, 0.3) is 5.01 Å². The van der Waals surface area contributed by atoms with E-state index in [0.717, 1.165) is 32.4 Å². The summed E-state index contributed by atoms with van der Waals surface area (Å²) < 4.78 is 112. The van der Waals surface area contributed by atoms with Crippen LogP contribution in [0.4, 0.5) is 18.9 Å². The molecule has 40 heavy (non-hydrogen) atoms. The number of anilines is 1. The van der Waals surface area contributed by atoms with Crippen molar-refractivity contribution < 1.29 is 43.7 Å². The fourth-order valence-corrected chi connectivity index (χ4v) is 8.57. The summed E-state index contributed by atoms with van der Waals surface area (Å²) in [5.74, 6) is -1.22. The highest BCUT2D eigenvalue weighted by Gasteiger charge is 2.35. The largest absolute Gasteiger partial charge is 0.748 e. The highest BCUT2D eigenvalue weighted by Crippen LogP contribution is 2.49. The molecule has 0 fully saturated rings. The van der Waals surface area contributed by atoms with E-state index in [1.165, 1.54) is 40.5 Å². The Morgan fingerprint density at radius 2 is 1.65 bits per heavy atom. The third-order valence-corrected chi connectivity index (χ3v) is 10.8. The van der Waals surface area contributed by atoms with Crippen LogP contribution in [0.15, 0.2) is 51.7 Å². The van der Waals surface area contributed by atoms with Gasteiger partial charge in [0.15, 0.2) is 6.54 Å². The van der Waals surface area contributed by atoms with Gasteiger partial charge in [-0.15, -0.1) is 11.3 Å². The SMILES string of the molecule is O=S(=O)([O-])CCCN1/C(=C/c2sc3ccc4sccc4c3[n+]2CCCS(=O)(=O)[O-])Sc2ccc(C(F)(F)F)cc21. The molecule has 2 aromatic carbocycles. The number of benzene rings is 2. The van der Waals surface area contributed by atoms with Crippen LogP contribution in [0.2, 0.25) is 0 Å². The second-order valence-corrected chi connectivity index (χ2v) is 15.1. The molecule has 1 aliphatic heterocycles. The summed E-state index contributed by atoms with van der Waals surface area (Å²) in [6, 6.07) is 9.18. The molecular formula is C24H20F3N2O6S5-. The van der Waals surface area contributed by atoms with Gasteiger partial charge in [-0.2, -0.15) is 17.7 Å². The average molecular weight is 650 g/mol. The van der Waals surface area contributed by atoms with Crippen molar-refractivity contribution in [3.63, 3.8) is 0 Å². The molecule has 0 N–H and O–H groups in total. The first-order valence-electron chi connectivity index (χ1n) is 11.8. The Bertz CT molecular complexity index is 1850. The van der Waals surface area contributed by atoms with Gasteiger partial charge in [-0.25, -0.2) is 16.8 Å². The minimum atomic E-state index is -4.58. The van der Waals surface area contributed by atoms with Crippen molar-refractivity contribution >= 4 is 86.7 Å². The second-order valence-electron chi connectivity index (χ2n) is 8.98. The Labute approximate surface area is 240 Å². The van der Waals surface area contributed by atoms with Gasteiger partial charge in [0.1, 0.15) is 4.70 Å². The fraction of sp³-hybridized carbons (Fsp3) is 0.292. The van der Waals surface area contributed by atoms with Crippen molar-refractivity contribution in [2.75, 3.05) is 23.0 Å². The quantitative estimate of drug-likeness (QED) is 0.179. The number of rotatable bonds is 9. The molecule has 0 spiro atoms. The van der Waals surface area contributed by atoms with Crippen molar-refractivity contribution in [2.24, 2.45) is 0 Å². The summed E-state index contributed by atoms with van der Waals surface area (Å²) in [7, 11) is -8.95. The summed E-state index contributed by atoms with van der Waals surface area (Å²) in [5, 5.41) is 4.07. The second kappa shape index (κ2) is 10.9. The Balaban J connectivity index is 1.60. The molecule has 0 aliphatic carbocycles. The van der Waals surface area contributed by atoms with E-state index in [1.54, 1.807) is 11.0 Å². The van der Waals surface area contributed by atoms with Gasteiger partial charge in [-0.1, -0.05) is 23.1 Å². The van der Waals surface area contributed by atoms with Crippen molar-refractivity contribution in [3.05, 3.63) is 57.4 Å². The Morgan fingerprint density at radius 1 is 0.950 bits per heavy atom. The number of fused-ring (bicyclic) bond motifs is 4. The first-order chi connectivity index (χ1) is 18.7. The van der Waals surface area contributed by atoms with Gasteiger partial charge < -0.3 is 14.0 Å². The minimum absolute atomic E-state index is 0.0112. The first kappa shape index (κ1) is 29.3. The lowest BCUT2D eigenvalue weighted by molar-refractivity contribution is -0.667. The smallest absolute Gasteiger partial charge is 0.416 e. The molecule has 3 heterocycles. The van der Waals surface area contributed by atoms with Crippen LogP contribution in [0.5, 0.6) is 0 Å². The molecule has 5 rings (SSSR count). The normalized spacial score (nSPS) is 15.5. The number of hydrogen-bond acceptors (Lipinski definition) is 10. The van der Waals surface area contributed by atoms with E-state index < -0.39 is 43.5 Å². The van der Waals surface area contributed by atoms with Gasteiger partial charge in [0, 0.05) is 34.1 Å². The maximum absolute atomic E-state index is 13.5. The average Bonchev–Trinajstić information content (AvgIpc) is 3.52. The third-order valence-electron chi connectivity index (χ3n) is 6.18. The van der Waals surface area contributed by atoms with Crippen LogP contribution in [0.25, 0.3) is 26.4 Å².